The largest absolute Gasteiger partial charge is 0.550 e. The zero-order chi connectivity index (χ0) is 26.5. The van der Waals surface area contributed by atoms with E-state index in [0.29, 0.717) is 5.92 Å². The highest BCUT2D eigenvalue weighted by atomic mass is 16.4. The predicted molar refractivity (Wildman–Crippen MR) is 158 cm³/mol. The summed E-state index contributed by atoms with van der Waals surface area (Å²) in [5.41, 5.74) is 0. The molecule has 0 aliphatic carbocycles. The van der Waals surface area contributed by atoms with Gasteiger partial charge in [0.05, 0.1) is 0 Å². The Labute approximate surface area is 228 Å². The highest BCUT2D eigenvalue weighted by molar-refractivity contribution is 5.67. The first-order valence-electron chi connectivity index (χ1n) is 16.9. The molecule has 0 bridgehead atoms. The van der Waals surface area contributed by atoms with Gasteiger partial charge in [-0.15, -0.1) is 0 Å². The lowest BCUT2D eigenvalue weighted by molar-refractivity contribution is -0.312. The van der Waals surface area contributed by atoms with E-state index in [2.05, 4.69) is 20.8 Å². The van der Waals surface area contributed by atoms with E-state index in [9.17, 15) is 9.90 Å². The molecule has 2 heteroatoms. The quantitative estimate of drug-likeness (QED) is 0.0907. The Morgan fingerprint density at radius 3 is 1.06 bits per heavy atom. The maximum atomic E-state index is 11.9. The first-order valence-corrected chi connectivity index (χ1v) is 16.9. The van der Waals surface area contributed by atoms with Gasteiger partial charge in [0.25, 0.3) is 0 Å². The van der Waals surface area contributed by atoms with Gasteiger partial charge in [-0.25, -0.2) is 0 Å². The van der Waals surface area contributed by atoms with Crippen LogP contribution >= 0.6 is 0 Å². The SMILES string of the molecule is CCCCCCCCCCCCCCCCC(CC(CCCCCC)CCCCCCCC)C(=O)[O-]. The van der Waals surface area contributed by atoms with Gasteiger partial charge in [-0.1, -0.05) is 188 Å². The lowest BCUT2D eigenvalue weighted by atomic mass is 9.84. The van der Waals surface area contributed by atoms with Crippen molar-refractivity contribution in [1.29, 1.82) is 0 Å². The lowest BCUT2D eigenvalue weighted by Crippen LogP contribution is -2.32. The molecule has 0 aliphatic rings. The van der Waals surface area contributed by atoms with E-state index in [0.717, 1.165) is 19.3 Å². The summed E-state index contributed by atoms with van der Waals surface area (Å²) in [4.78, 5) is 11.9. The molecule has 0 fully saturated rings. The molecule has 0 heterocycles. The van der Waals surface area contributed by atoms with Gasteiger partial charge in [-0.2, -0.15) is 0 Å². The topological polar surface area (TPSA) is 40.1 Å². The van der Waals surface area contributed by atoms with Gasteiger partial charge in [-0.05, 0) is 24.7 Å². The van der Waals surface area contributed by atoms with Crippen LogP contribution in [0.25, 0.3) is 0 Å². The Kier molecular flexibility index (Phi) is 28.6. The number of rotatable bonds is 30. The Bertz CT molecular complexity index is 433. The highest BCUT2D eigenvalue weighted by Crippen LogP contribution is 2.28. The number of hydrogen-bond acceptors (Lipinski definition) is 2. The summed E-state index contributed by atoms with van der Waals surface area (Å²) >= 11 is 0. The van der Waals surface area contributed by atoms with Crippen LogP contribution in [0.3, 0.4) is 0 Å². The molecule has 2 unspecified atom stereocenters. The van der Waals surface area contributed by atoms with Crippen molar-refractivity contribution in [2.45, 2.75) is 201 Å². The van der Waals surface area contributed by atoms with E-state index in [-0.39, 0.29) is 5.92 Å². The van der Waals surface area contributed by atoms with Crippen LogP contribution in [0.2, 0.25) is 0 Å². The van der Waals surface area contributed by atoms with E-state index in [1.807, 2.05) is 0 Å². The second-order valence-corrected chi connectivity index (χ2v) is 11.9. The monoisotopic (exact) mass is 508 g/mol. The number of carbonyl (C=O) groups excluding carboxylic acids is 1. The van der Waals surface area contributed by atoms with E-state index < -0.39 is 5.97 Å². The minimum absolute atomic E-state index is 0.224. The molecule has 0 aromatic rings. The Hall–Kier alpha value is -0.530. The zero-order valence-electron chi connectivity index (χ0n) is 25.3. The molecule has 2 atom stereocenters. The third kappa shape index (κ3) is 25.1. The molecule has 0 saturated carbocycles. The first kappa shape index (κ1) is 35.5. The number of carboxylic acids is 1. The maximum absolute atomic E-state index is 11.9. The van der Waals surface area contributed by atoms with Crippen molar-refractivity contribution in [2.24, 2.45) is 11.8 Å². The van der Waals surface area contributed by atoms with E-state index in [1.54, 1.807) is 0 Å². The first-order chi connectivity index (χ1) is 17.7. The molecule has 0 aromatic carbocycles. The second kappa shape index (κ2) is 29.0. The molecule has 0 spiro atoms. The molecular weight excluding hydrogens is 440 g/mol. The molecule has 0 radical (unpaired) electrons. The van der Waals surface area contributed by atoms with Crippen LogP contribution in [0.5, 0.6) is 0 Å². The van der Waals surface area contributed by atoms with Gasteiger partial charge in [-0.3, -0.25) is 0 Å². The van der Waals surface area contributed by atoms with Gasteiger partial charge < -0.3 is 9.90 Å². The van der Waals surface area contributed by atoms with Gasteiger partial charge in [0.2, 0.25) is 0 Å². The predicted octanol–water partition coefficient (Wildman–Crippen LogP) is 11.0. The normalized spacial score (nSPS) is 13.2. The molecule has 36 heavy (non-hydrogen) atoms. The number of hydrogen-bond donors (Lipinski definition) is 0. The lowest BCUT2D eigenvalue weighted by Gasteiger charge is -2.25. The summed E-state index contributed by atoms with van der Waals surface area (Å²) in [6.45, 7) is 6.81. The summed E-state index contributed by atoms with van der Waals surface area (Å²) in [5, 5.41) is 11.9. The summed E-state index contributed by atoms with van der Waals surface area (Å²) in [5.74, 6) is -0.424. The van der Waals surface area contributed by atoms with Crippen LogP contribution in [0.4, 0.5) is 0 Å². The third-order valence-electron chi connectivity index (χ3n) is 8.29. The molecule has 216 valence electrons. The van der Waals surface area contributed by atoms with Crippen molar-refractivity contribution in [2.75, 3.05) is 0 Å². The van der Waals surface area contributed by atoms with Crippen molar-refractivity contribution >= 4 is 5.97 Å². The van der Waals surface area contributed by atoms with Crippen LogP contribution < -0.4 is 5.11 Å². The molecule has 0 rings (SSSR count). The van der Waals surface area contributed by atoms with Crippen LogP contribution in [-0.4, -0.2) is 5.97 Å². The smallest absolute Gasteiger partial charge is 0.0445 e. The van der Waals surface area contributed by atoms with Crippen molar-refractivity contribution < 1.29 is 9.90 Å². The van der Waals surface area contributed by atoms with E-state index in [1.165, 1.54) is 161 Å². The number of unbranched alkanes of at least 4 members (excludes halogenated alkanes) is 21. The summed E-state index contributed by atoms with van der Waals surface area (Å²) in [7, 11) is 0. The molecule has 0 aliphatic heterocycles. The summed E-state index contributed by atoms with van der Waals surface area (Å²) in [6, 6.07) is 0. The number of aliphatic carboxylic acids is 1. The fraction of sp³-hybridized carbons (Fsp3) is 0.971. The Balaban J connectivity index is 4.01. The van der Waals surface area contributed by atoms with Crippen molar-refractivity contribution in [1.82, 2.24) is 0 Å². The highest BCUT2D eigenvalue weighted by Gasteiger charge is 2.17. The van der Waals surface area contributed by atoms with Crippen LogP contribution in [0, 0.1) is 11.8 Å². The van der Waals surface area contributed by atoms with Gasteiger partial charge in [0.15, 0.2) is 0 Å². The molecular formula is C34H67O2-. The minimum atomic E-state index is -0.786. The molecule has 0 amide bonds. The standard InChI is InChI=1S/C34H68O2/c1-4-7-10-13-15-16-17-18-19-20-21-22-24-27-30-33(34(35)36)31-32(28-25-12-9-6-3)29-26-23-14-11-8-5-2/h32-33H,4-31H2,1-3H3,(H,35,36)/p-1. The number of carboxylic acid groups (broad SMARTS) is 1. The fourth-order valence-corrected chi connectivity index (χ4v) is 5.77. The van der Waals surface area contributed by atoms with E-state index >= 15 is 0 Å². The van der Waals surface area contributed by atoms with Crippen molar-refractivity contribution in [3.8, 4) is 0 Å². The van der Waals surface area contributed by atoms with Gasteiger partial charge in [0, 0.05) is 5.97 Å². The fourth-order valence-electron chi connectivity index (χ4n) is 5.77. The van der Waals surface area contributed by atoms with Crippen molar-refractivity contribution in [3.05, 3.63) is 0 Å². The second-order valence-electron chi connectivity index (χ2n) is 11.9. The van der Waals surface area contributed by atoms with Gasteiger partial charge >= 0.3 is 0 Å². The zero-order valence-corrected chi connectivity index (χ0v) is 25.3. The Morgan fingerprint density at radius 1 is 0.444 bits per heavy atom. The average Bonchev–Trinajstić information content (AvgIpc) is 2.87. The van der Waals surface area contributed by atoms with Crippen molar-refractivity contribution in [3.63, 3.8) is 0 Å². The van der Waals surface area contributed by atoms with Crippen LogP contribution in [-0.2, 0) is 4.79 Å². The number of carbonyl (C=O) groups is 1. The van der Waals surface area contributed by atoms with E-state index in [4.69, 9.17) is 0 Å². The third-order valence-corrected chi connectivity index (χ3v) is 8.29. The van der Waals surface area contributed by atoms with Crippen LogP contribution in [0.15, 0.2) is 0 Å². The molecule has 0 N–H and O–H groups in total. The van der Waals surface area contributed by atoms with Gasteiger partial charge in [0.1, 0.15) is 0 Å². The molecule has 0 saturated heterocycles. The Morgan fingerprint density at radius 2 is 0.722 bits per heavy atom. The summed E-state index contributed by atoms with van der Waals surface area (Å²) in [6.07, 6.45) is 36.1. The summed E-state index contributed by atoms with van der Waals surface area (Å²) < 4.78 is 0. The molecule has 2 nitrogen and oxygen atoms in total. The molecule has 0 aromatic heterocycles. The van der Waals surface area contributed by atoms with Crippen LogP contribution in [0.1, 0.15) is 201 Å². The maximum Gasteiger partial charge on any atom is 0.0445 e. The average molecular weight is 508 g/mol. The minimum Gasteiger partial charge on any atom is -0.550 e.